The molecular formula is C17H15ClFN3O2S2. The molecule has 1 heterocycles. The van der Waals surface area contributed by atoms with E-state index < -0.39 is 5.82 Å². The second-order valence-electron chi connectivity index (χ2n) is 5.11. The summed E-state index contributed by atoms with van der Waals surface area (Å²) >= 11 is 8.56. The van der Waals surface area contributed by atoms with Crippen LogP contribution in [0.15, 0.2) is 47.6 Å². The zero-order chi connectivity index (χ0) is 18.5. The molecule has 0 aliphatic carbocycles. The summed E-state index contributed by atoms with van der Waals surface area (Å²) in [5.41, 5.74) is 0.948. The highest BCUT2D eigenvalue weighted by Gasteiger charge is 2.17. The van der Waals surface area contributed by atoms with Gasteiger partial charge in [0.1, 0.15) is 23.6 Å². The summed E-state index contributed by atoms with van der Waals surface area (Å²) in [5, 5.41) is 0.794. The molecule has 0 saturated heterocycles. The van der Waals surface area contributed by atoms with Crippen molar-refractivity contribution in [2.75, 3.05) is 18.5 Å². The number of hydrogen-bond acceptors (Lipinski definition) is 7. The van der Waals surface area contributed by atoms with Gasteiger partial charge in [0.25, 0.3) is 0 Å². The van der Waals surface area contributed by atoms with Crippen LogP contribution in [0.1, 0.15) is 5.56 Å². The topological polar surface area (TPSA) is 47.5 Å². The van der Waals surface area contributed by atoms with Crippen molar-refractivity contribution >= 4 is 40.2 Å². The van der Waals surface area contributed by atoms with Crippen LogP contribution in [0.25, 0.3) is 0 Å². The third-order valence-corrected chi connectivity index (χ3v) is 5.56. The Kier molecular flexibility index (Phi) is 6.18. The van der Waals surface area contributed by atoms with Crippen molar-refractivity contribution in [1.29, 1.82) is 0 Å². The van der Waals surface area contributed by atoms with Gasteiger partial charge in [0.15, 0.2) is 0 Å². The molecule has 0 N–H and O–H groups in total. The van der Waals surface area contributed by atoms with Crippen molar-refractivity contribution in [2.24, 2.45) is 0 Å². The van der Waals surface area contributed by atoms with E-state index in [2.05, 4.69) is 9.36 Å². The molecule has 0 saturated carbocycles. The van der Waals surface area contributed by atoms with Crippen LogP contribution in [0, 0.1) is 5.82 Å². The molecule has 3 aromatic rings. The molecule has 0 amide bonds. The Hall–Kier alpha value is -2.03. The summed E-state index contributed by atoms with van der Waals surface area (Å²) in [6.45, 7) is 0.502. The van der Waals surface area contributed by atoms with E-state index in [-0.39, 0.29) is 5.02 Å². The van der Waals surface area contributed by atoms with Crippen LogP contribution < -0.4 is 13.8 Å². The highest BCUT2D eigenvalue weighted by molar-refractivity contribution is 8.00. The second-order valence-corrected chi connectivity index (χ2v) is 7.37. The van der Waals surface area contributed by atoms with E-state index in [1.807, 2.05) is 22.5 Å². The molecule has 136 valence electrons. The lowest BCUT2D eigenvalue weighted by Gasteiger charge is -2.21. The first-order chi connectivity index (χ1) is 12.6. The molecule has 9 heteroatoms. The summed E-state index contributed by atoms with van der Waals surface area (Å²) in [7, 11) is 3.22. The van der Waals surface area contributed by atoms with Gasteiger partial charge in [-0.2, -0.15) is 4.37 Å². The van der Waals surface area contributed by atoms with E-state index in [1.54, 1.807) is 26.4 Å². The molecule has 5 nitrogen and oxygen atoms in total. The number of nitrogens with zero attached hydrogens (tertiary/aromatic N) is 3. The van der Waals surface area contributed by atoms with Crippen molar-refractivity contribution < 1.29 is 13.9 Å². The molecule has 0 unspecified atom stereocenters. The van der Waals surface area contributed by atoms with Gasteiger partial charge < -0.3 is 9.47 Å². The fourth-order valence-corrected chi connectivity index (χ4v) is 3.99. The van der Waals surface area contributed by atoms with E-state index in [9.17, 15) is 4.39 Å². The Balaban J connectivity index is 1.89. The van der Waals surface area contributed by atoms with Gasteiger partial charge in [0.05, 0.1) is 25.8 Å². The molecular weight excluding hydrogens is 397 g/mol. The SMILES string of the molecule is COc1ccc(CN(Sc2ccc(F)c(Cl)c2)c2ncns2)c(OC)c1. The molecule has 0 aliphatic heterocycles. The van der Waals surface area contributed by atoms with Crippen molar-refractivity contribution in [3.05, 3.63) is 59.1 Å². The molecule has 0 aliphatic rings. The lowest BCUT2D eigenvalue weighted by Crippen LogP contribution is -2.14. The van der Waals surface area contributed by atoms with Gasteiger partial charge in [-0.05, 0) is 42.3 Å². The Bertz CT molecular complexity index is 880. The van der Waals surface area contributed by atoms with Crippen molar-refractivity contribution in [2.45, 2.75) is 11.4 Å². The lowest BCUT2D eigenvalue weighted by atomic mass is 10.2. The Morgan fingerprint density at radius 1 is 1.19 bits per heavy atom. The minimum Gasteiger partial charge on any atom is -0.497 e. The van der Waals surface area contributed by atoms with Gasteiger partial charge in [0, 0.05) is 28.1 Å². The number of methoxy groups -OCH3 is 2. The zero-order valence-corrected chi connectivity index (χ0v) is 16.4. The van der Waals surface area contributed by atoms with Gasteiger partial charge in [0.2, 0.25) is 5.13 Å². The molecule has 26 heavy (non-hydrogen) atoms. The van der Waals surface area contributed by atoms with Gasteiger partial charge >= 0.3 is 0 Å². The first-order valence-corrected chi connectivity index (χ1v) is 9.41. The van der Waals surface area contributed by atoms with Crippen molar-refractivity contribution in [3.8, 4) is 11.5 Å². The third-order valence-electron chi connectivity index (χ3n) is 3.48. The Labute approximate surface area is 164 Å². The van der Waals surface area contributed by atoms with Gasteiger partial charge in [-0.1, -0.05) is 11.6 Å². The average Bonchev–Trinajstić information content (AvgIpc) is 3.19. The predicted molar refractivity (Wildman–Crippen MR) is 103 cm³/mol. The lowest BCUT2D eigenvalue weighted by molar-refractivity contribution is 0.391. The van der Waals surface area contributed by atoms with Crippen LogP contribution in [0.2, 0.25) is 5.02 Å². The van der Waals surface area contributed by atoms with E-state index in [1.165, 1.54) is 35.9 Å². The summed E-state index contributed by atoms with van der Waals surface area (Å²) in [6, 6.07) is 10.2. The molecule has 2 aromatic carbocycles. The van der Waals surface area contributed by atoms with Crippen molar-refractivity contribution in [1.82, 2.24) is 9.36 Å². The fourth-order valence-electron chi connectivity index (χ4n) is 2.21. The normalized spacial score (nSPS) is 10.6. The monoisotopic (exact) mass is 411 g/mol. The maximum atomic E-state index is 13.4. The minimum atomic E-state index is -0.449. The van der Waals surface area contributed by atoms with E-state index >= 15 is 0 Å². The fraction of sp³-hybridized carbons (Fsp3) is 0.176. The van der Waals surface area contributed by atoms with Crippen molar-refractivity contribution in [3.63, 3.8) is 0 Å². The summed E-state index contributed by atoms with van der Waals surface area (Å²) in [4.78, 5) is 5.07. The molecule has 3 rings (SSSR count). The largest absolute Gasteiger partial charge is 0.497 e. The molecule has 0 radical (unpaired) electrons. The second kappa shape index (κ2) is 8.57. The van der Waals surface area contributed by atoms with Crippen LogP contribution in [0.4, 0.5) is 9.52 Å². The Morgan fingerprint density at radius 2 is 2.04 bits per heavy atom. The Morgan fingerprint density at radius 3 is 2.69 bits per heavy atom. The smallest absolute Gasteiger partial charge is 0.215 e. The van der Waals surface area contributed by atoms with Gasteiger partial charge in [-0.3, -0.25) is 4.31 Å². The number of benzene rings is 2. The summed E-state index contributed by atoms with van der Waals surface area (Å²) in [6.07, 6.45) is 1.50. The number of anilines is 1. The highest BCUT2D eigenvalue weighted by atomic mass is 35.5. The van der Waals surface area contributed by atoms with E-state index in [4.69, 9.17) is 21.1 Å². The number of hydrogen-bond donors (Lipinski definition) is 0. The zero-order valence-electron chi connectivity index (χ0n) is 14.0. The number of aromatic nitrogens is 2. The molecule has 1 aromatic heterocycles. The number of halogens is 2. The van der Waals surface area contributed by atoms with Gasteiger partial charge in [-0.25, -0.2) is 9.37 Å². The van der Waals surface area contributed by atoms with Crippen LogP contribution >= 0.6 is 35.1 Å². The maximum absolute atomic E-state index is 13.4. The quantitative estimate of drug-likeness (QED) is 0.506. The van der Waals surface area contributed by atoms with Crippen LogP contribution in [0.3, 0.4) is 0 Å². The molecule has 0 fully saturated rings. The minimum absolute atomic E-state index is 0.0780. The van der Waals surface area contributed by atoms with E-state index in [0.717, 1.165) is 10.5 Å². The van der Waals surface area contributed by atoms with Crippen LogP contribution in [-0.2, 0) is 6.54 Å². The predicted octanol–water partition coefficient (Wildman–Crippen LogP) is 5.06. The summed E-state index contributed by atoms with van der Waals surface area (Å²) < 4.78 is 30.2. The summed E-state index contributed by atoms with van der Waals surface area (Å²) in [5.74, 6) is 0.970. The highest BCUT2D eigenvalue weighted by Crippen LogP contribution is 2.35. The number of rotatable bonds is 7. The molecule has 0 atom stereocenters. The third kappa shape index (κ3) is 4.38. The maximum Gasteiger partial charge on any atom is 0.215 e. The average molecular weight is 412 g/mol. The first kappa shape index (κ1) is 18.8. The van der Waals surface area contributed by atoms with Crippen LogP contribution in [0.5, 0.6) is 11.5 Å². The van der Waals surface area contributed by atoms with Gasteiger partial charge in [-0.15, -0.1) is 0 Å². The molecule has 0 spiro atoms. The number of ether oxygens (including phenoxy) is 2. The van der Waals surface area contributed by atoms with E-state index in [0.29, 0.717) is 23.2 Å². The first-order valence-electron chi connectivity index (χ1n) is 7.49. The molecule has 0 bridgehead atoms. The standard InChI is InChI=1S/C17H15ClFN3O2S2/c1-23-12-4-3-11(16(7-12)24-2)9-22(17-20-10-21-25-17)26-13-5-6-15(19)14(18)8-13/h3-8,10H,9H2,1-2H3. The van der Waals surface area contributed by atoms with Crippen LogP contribution in [-0.4, -0.2) is 23.6 Å².